The van der Waals surface area contributed by atoms with Crippen molar-refractivity contribution in [1.29, 1.82) is 0 Å². The van der Waals surface area contributed by atoms with Gasteiger partial charge in [0.15, 0.2) is 0 Å². The van der Waals surface area contributed by atoms with Gasteiger partial charge in [0.05, 0.1) is 5.56 Å². The third-order valence-corrected chi connectivity index (χ3v) is 3.22. The molecule has 1 aliphatic rings. The van der Waals surface area contributed by atoms with Crippen LogP contribution in [0.25, 0.3) is 0 Å². The molecule has 1 N–H and O–H groups in total. The van der Waals surface area contributed by atoms with Gasteiger partial charge in [-0.3, -0.25) is 0 Å². The second-order valence-electron chi connectivity index (χ2n) is 4.39. The molecule has 4 heteroatoms. The Balaban J connectivity index is 2.34. The van der Waals surface area contributed by atoms with Gasteiger partial charge in [0.2, 0.25) is 0 Å². The van der Waals surface area contributed by atoms with Gasteiger partial charge >= 0.3 is 5.97 Å². The Labute approximate surface area is 99.2 Å². The number of hydrogen-bond donors (Lipinski definition) is 1. The quantitative estimate of drug-likeness (QED) is 0.861. The Morgan fingerprint density at radius 2 is 2.06 bits per heavy atom. The molecule has 1 aromatic rings. The summed E-state index contributed by atoms with van der Waals surface area (Å²) in [4.78, 5) is 10.9. The highest BCUT2D eigenvalue weighted by Crippen LogP contribution is 2.29. The standard InChI is InChI=1S/C13H15FO3/c1-8-6-10(9-2-4-17-5-3-9)7-11(14)12(8)13(15)16/h6-7,9H,2-5H2,1H3,(H,15,16). The molecule has 0 aromatic heterocycles. The molecule has 0 atom stereocenters. The lowest BCUT2D eigenvalue weighted by molar-refractivity contribution is 0.0690. The van der Waals surface area contributed by atoms with Crippen LogP contribution in [0.5, 0.6) is 0 Å². The molecule has 2 rings (SSSR count). The third kappa shape index (κ3) is 2.47. The summed E-state index contributed by atoms with van der Waals surface area (Å²) in [6.07, 6.45) is 1.73. The first kappa shape index (κ1) is 12.0. The fourth-order valence-electron chi connectivity index (χ4n) is 2.31. The lowest BCUT2D eigenvalue weighted by Gasteiger charge is -2.23. The van der Waals surface area contributed by atoms with Gasteiger partial charge < -0.3 is 9.84 Å². The number of aromatic carboxylic acids is 1. The minimum atomic E-state index is -1.21. The average molecular weight is 238 g/mol. The van der Waals surface area contributed by atoms with E-state index < -0.39 is 11.8 Å². The molecule has 1 heterocycles. The largest absolute Gasteiger partial charge is 0.478 e. The molecular formula is C13H15FO3. The Morgan fingerprint density at radius 3 is 2.59 bits per heavy atom. The van der Waals surface area contributed by atoms with Crippen molar-refractivity contribution in [1.82, 2.24) is 0 Å². The molecule has 17 heavy (non-hydrogen) atoms. The van der Waals surface area contributed by atoms with Crippen molar-refractivity contribution in [3.63, 3.8) is 0 Å². The number of carboxylic acids is 1. The maximum atomic E-state index is 13.7. The van der Waals surface area contributed by atoms with Crippen molar-refractivity contribution in [2.24, 2.45) is 0 Å². The number of halogens is 1. The van der Waals surface area contributed by atoms with Crippen LogP contribution in [0.3, 0.4) is 0 Å². The zero-order valence-corrected chi connectivity index (χ0v) is 9.70. The molecule has 0 aliphatic carbocycles. The van der Waals surface area contributed by atoms with Crippen molar-refractivity contribution in [3.8, 4) is 0 Å². The summed E-state index contributed by atoms with van der Waals surface area (Å²) in [6.45, 7) is 3.01. The zero-order chi connectivity index (χ0) is 12.4. The Morgan fingerprint density at radius 1 is 1.41 bits per heavy atom. The number of benzene rings is 1. The van der Waals surface area contributed by atoms with Crippen LogP contribution >= 0.6 is 0 Å². The van der Waals surface area contributed by atoms with E-state index >= 15 is 0 Å². The highest BCUT2D eigenvalue weighted by atomic mass is 19.1. The van der Waals surface area contributed by atoms with E-state index in [1.54, 1.807) is 13.0 Å². The van der Waals surface area contributed by atoms with Crippen molar-refractivity contribution in [3.05, 3.63) is 34.6 Å². The first-order valence-corrected chi connectivity index (χ1v) is 5.70. The number of aryl methyl sites for hydroxylation is 1. The van der Waals surface area contributed by atoms with Crippen LogP contribution in [0, 0.1) is 12.7 Å². The van der Waals surface area contributed by atoms with Gasteiger partial charge in [-0.05, 0) is 42.9 Å². The predicted molar refractivity (Wildman–Crippen MR) is 60.9 cm³/mol. The van der Waals surface area contributed by atoms with Crippen molar-refractivity contribution in [2.45, 2.75) is 25.7 Å². The van der Waals surface area contributed by atoms with E-state index in [0.717, 1.165) is 18.4 Å². The minimum absolute atomic E-state index is 0.221. The van der Waals surface area contributed by atoms with Gasteiger partial charge in [0.1, 0.15) is 5.82 Å². The summed E-state index contributed by atoms with van der Waals surface area (Å²) in [5.74, 6) is -1.57. The van der Waals surface area contributed by atoms with Crippen LogP contribution in [0.2, 0.25) is 0 Å². The van der Waals surface area contributed by atoms with Crippen LogP contribution in [0.1, 0.15) is 40.2 Å². The average Bonchev–Trinajstić information content (AvgIpc) is 2.28. The fourth-order valence-corrected chi connectivity index (χ4v) is 2.31. The van der Waals surface area contributed by atoms with E-state index in [1.807, 2.05) is 0 Å². The van der Waals surface area contributed by atoms with Crippen LogP contribution in [-0.2, 0) is 4.74 Å². The Bertz CT molecular complexity index is 413. The number of ether oxygens (including phenoxy) is 1. The SMILES string of the molecule is Cc1cc(C2CCOCC2)cc(F)c1C(=O)O. The summed E-state index contributed by atoms with van der Waals surface area (Å²) in [5.41, 5.74) is 1.15. The van der Waals surface area contributed by atoms with Crippen LogP contribution < -0.4 is 0 Å². The summed E-state index contributed by atoms with van der Waals surface area (Å²) in [6, 6.07) is 3.13. The van der Waals surface area contributed by atoms with Gasteiger partial charge in [-0.1, -0.05) is 6.07 Å². The zero-order valence-electron chi connectivity index (χ0n) is 9.70. The summed E-state index contributed by atoms with van der Waals surface area (Å²) in [7, 11) is 0. The molecule has 1 aliphatic heterocycles. The molecule has 0 amide bonds. The molecule has 0 spiro atoms. The number of rotatable bonds is 2. The van der Waals surface area contributed by atoms with Crippen LogP contribution in [0.4, 0.5) is 4.39 Å². The first-order valence-electron chi connectivity index (χ1n) is 5.70. The van der Waals surface area contributed by atoms with E-state index in [1.165, 1.54) is 6.07 Å². The summed E-state index contributed by atoms with van der Waals surface area (Å²) in [5, 5.41) is 8.89. The molecular weight excluding hydrogens is 223 g/mol. The number of hydrogen-bond acceptors (Lipinski definition) is 2. The summed E-state index contributed by atoms with van der Waals surface area (Å²) >= 11 is 0. The number of carbonyl (C=O) groups is 1. The van der Waals surface area contributed by atoms with E-state index in [0.29, 0.717) is 18.8 Å². The monoisotopic (exact) mass is 238 g/mol. The second-order valence-corrected chi connectivity index (χ2v) is 4.39. The lowest BCUT2D eigenvalue weighted by atomic mass is 9.89. The molecule has 92 valence electrons. The fraction of sp³-hybridized carbons (Fsp3) is 0.462. The normalized spacial score (nSPS) is 17.1. The van der Waals surface area contributed by atoms with Crippen molar-refractivity contribution < 1.29 is 19.0 Å². The molecule has 1 saturated heterocycles. The molecule has 1 aromatic carbocycles. The van der Waals surface area contributed by atoms with Gasteiger partial charge in [-0.15, -0.1) is 0 Å². The van der Waals surface area contributed by atoms with Crippen LogP contribution in [-0.4, -0.2) is 24.3 Å². The highest BCUT2D eigenvalue weighted by Gasteiger charge is 2.20. The second kappa shape index (κ2) is 4.84. The van der Waals surface area contributed by atoms with E-state index in [-0.39, 0.29) is 11.5 Å². The maximum absolute atomic E-state index is 13.7. The van der Waals surface area contributed by atoms with Crippen LogP contribution in [0.15, 0.2) is 12.1 Å². The molecule has 0 saturated carbocycles. The third-order valence-electron chi connectivity index (χ3n) is 3.22. The first-order chi connectivity index (χ1) is 8.09. The molecule has 0 bridgehead atoms. The minimum Gasteiger partial charge on any atom is -0.478 e. The molecule has 0 radical (unpaired) electrons. The molecule has 0 unspecified atom stereocenters. The van der Waals surface area contributed by atoms with Gasteiger partial charge in [-0.2, -0.15) is 0 Å². The van der Waals surface area contributed by atoms with Crippen molar-refractivity contribution in [2.75, 3.05) is 13.2 Å². The molecule has 3 nitrogen and oxygen atoms in total. The summed E-state index contributed by atoms with van der Waals surface area (Å²) < 4.78 is 19.0. The highest BCUT2D eigenvalue weighted by molar-refractivity contribution is 5.89. The van der Waals surface area contributed by atoms with Gasteiger partial charge in [-0.25, -0.2) is 9.18 Å². The van der Waals surface area contributed by atoms with E-state index in [4.69, 9.17) is 9.84 Å². The smallest absolute Gasteiger partial charge is 0.338 e. The Hall–Kier alpha value is -1.42. The maximum Gasteiger partial charge on any atom is 0.338 e. The number of carboxylic acid groups (broad SMARTS) is 1. The van der Waals surface area contributed by atoms with E-state index in [9.17, 15) is 9.18 Å². The Kier molecular flexibility index (Phi) is 3.43. The van der Waals surface area contributed by atoms with Gasteiger partial charge in [0.25, 0.3) is 0 Å². The topological polar surface area (TPSA) is 46.5 Å². The van der Waals surface area contributed by atoms with Gasteiger partial charge in [0, 0.05) is 13.2 Å². The van der Waals surface area contributed by atoms with Crippen molar-refractivity contribution >= 4 is 5.97 Å². The predicted octanol–water partition coefficient (Wildman–Crippen LogP) is 2.73. The van der Waals surface area contributed by atoms with E-state index in [2.05, 4.69) is 0 Å². The lowest BCUT2D eigenvalue weighted by Crippen LogP contribution is -2.15. The molecule has 1 fully saturated rings.